The van der Waals surface area contributed by atoms with Crippen molar-refractivity contribution in [2.24, 2.45) is 0 Å². The molecule has 7 heteroatoms. The van der Waals surface area contributed by atoms with Crippen LogP contribution in [0.15, 0.2) is 30.3 Å². The Kier molecular flexibility index (Phi) is 5.32. The van der Waals surface area contributed by atoms with Crippen molar-refractivity contribution in [3.63, 3.8) is 0 Å². The van der Waals surface area contributed by atoms with Gasteiger partial charge >= 0.3 is 6.09 Å². The third-order valence-electron chi connectivity index (χ3n) is 2.50. The molecule has 1 aromatic rings. The first kappa shape index (κ1) is 16.2. The van der Waals surface area contributed by atoms with Gasteiger partial charge in [-0.05, 0) is 18.9 Å². The molecule has 0 spiro atoms. The molecule has 4 nitrogen and oxygen atoms in total. The quantitative estimate of drug-likeness (QED) is 0.809. The van der Waals surface area contributed by atoms with Crippen LogP contribution in [0.5, 0.6) is 0 Å². The predicted octanol–water partition coefficient (Wildman–Crippen LogP) is 1.16. The fraction of sp³-hybridized carbons (Fsp3) is 0.385. The minimum atomic E-state index is -1.56. The number of nitrogens with zero attached hydrogens (tertiary/aromatic N) is 1. The van der Waals surface area contributed by atoms with Crippen molar-refractivity contribution in [1.29, 1.82) is 5.26 Å². The molecule has 0 aromatic heterocycles. The van der Waals surface area contributed by atoms with Gasteiger partial charge in [-0.15, -0.1) is 5.11 Å². The highest BCUT2D eigenvalue weighted by atomic mass is 16.5. The van der Waals surface area contributed by atoms with Crippen LogP contribution < -0.4 is 5.32 Å². The summed E-state index contributed by atoms with van der Waals surface area (Å²) in [5.74, 6) is 0. The Morgan fingerprint density at radius 3 is 2.45 bits per heavy atom. The average Bonchev–Trinajstić information content (AvgIpc) is 2.35. The monoisotopic (exact) mass is 262 g/mol. The third kappa shape index (κ3) is 5.88. The number of nitriles is 1. The second-order valence-electron chi connectivity index (χ2n) is 4.92. The molecule has 0 aliphatic heterocycles. The van der Waals surface area contributed by atoms with Crippen LogP contribution in [-0.2, 0) is 11.3 Å². The number of carbonyl (C=O) groups is 1. The zero-order valence-electron chi connectivity index (χ0n) is 11.3. The van der Waals surface area contributed by atoms with Crippen LogP contribution >= 0.6 is 0 Å². The van der Waals surface area contributed by atoms with E-state index in [2.05, 4.69) is 5.32 Å². The fourth-order valence-electron chi connectivity index (χ4n) is 1.71. The minimum absolute atomic E-state index is 0.104. The topological polar surface area (TPSA) is 62.1 Å². The number of ether oxygens (including phenoxy) is 1. The molecular weight excluding hydrogens is 249 g/mol. The van der Waals surface area contributed by atoms with Crippen molar-refractivity contribution in [3.05, 3.63) is 35.9 Å². The Morgan fingerprint density at radius 1 is 1.35 bits per heavy atom. The molecule has 20 heavy (non-hydrogen) atoms. The predicted molar refractivity (Wildman–Crippen MR) is 78.4 cm³/mol. The van der Waals surface area contributed by atoms with Crippen LogP contribution in [0, 0.1) is 11.3 Å². The van der Waals surface area contributed by atoms with Crippen molar-refractivity contribution >= 4 is 29.6 Å². The van der Waals surface area contributed by atoms with E-state index in [9.17, 15) is 4.79 Å². The molecule has 1 unspecified atom stereocenters. The van der Waals surface area contributed by atoms with Crippen LogP contribution in [-0.4, -0.2) is 35.2 Å². The van der Waals surface area contributed by atoms with E-state index in [1.807, 2.05) is 36.4 Å². The lowest BCUT2D eigenvalue weighted by Crippen LogP contribution is -2.47. The molecule has 0 saturated carbocycles. The molecule has 96 valence electrons. The molecule has 1 atom stereocenters. The summed E-state index contributed by atoms with van der Waals surface area (Å²) in [5, 5.41) is 9.95. The molecule has 0 bridgehead atoms. The molecule has 1 rings (SSSR count). The number of benzene rings is 1. The molecule has 1 amide bonds. The molecule has 0 saturated heterocycles. The van der Waals surface area contributed by atoms with E-state index in [1.54, 1.807) is 0 Å². The van der Waals surface area contributed by atoms with Crippen molar-refractivity contribution in [2.75, 3.05) is 0 Å². The van der Waals surface area contributed by atoms with Gasteiger partial charge in [-0.3, -0.25) is 0 Å². The molecule has 1 aromatic carbocycles. The van der Waals surface area contributed by atoms with Gasteiger partial charge in [0, 0.05) is 0 Å². The van der Waals surface area contributed by atoms with Gasteiger partial charge in [0.15, 0.2) is 0 Å². The second kappa shape index (κ2) is 6.56. The maximum atomic E-state index is 11.7. The van der Waals surface area contributed by atoms with Crippen molar-refractivity contribution in [1.82, 2.24) is 5.32 Å². The summed E-state index contributed by atoms with van der Waals surface area (Å²) in [5.41, 5.74) is -0.460. The maximum absolute atomic E-state index is 11.7. The maximum Gasteiger partial charge on any atom is 0.408 e. The number of carbonyl (C=O) groups excluding carboxylic acids is 1. The first-order valence-corrected chi connectivity index (χ1v) is 6.01. The summed E-state index contributed by atoms with van der Waals surface area (Å²) in [7, 11) is 16.4. The molecule has 0 fully saturated rings. The van der Waals surface area contributed by atoms with Crippen molar-refractivity contribution < 1.29 is 9.53 Å². The standard InChI is InChI=1S/C13H13B3N2O2/c1-12(9-17,8-13(14,15)16)18-11(19)20-7-10-5-3-2-4-6-10/h2-6H,7-8H2,1H3,(H,18,19). The van der Waals surface area contributed by atoms with Gasteiger partial charge in [0.25, 0.3) is 0 Å². The highest BCUT2D eigenvalue weighted by Crippen LogP contribution is 2.24. The highest BCUT2D eigenvalue weighted by molar-refractivity contribution is 6.58. The Balaban J connectivity index is 2.54. The number of alkyl carbamates (subject to hydrolysis) is 1. The molecular formula is C13H13B3N2O2. The van der Waals surface area contributed by atoms with E-state index in [0.717, 1.165) is 5.56 Å². The van der Waals surface area contributed by atoms with Crippen LogP contribution in [0.3, 0.4) is 0 Å². The summed E-state index contributed by atoms with van der Waals surface area (Å²) in [6, 6.07) is 11.1. The minimum Gasteiger partial charge on any atom is -0.445 e. The number of nitrogens with one attached hydrogen (secondary N) is 1. The van der Waals surface area contributed by atoms with Gasteiger partial charge < -0.3 is 10.1 Å². The van der Waals surface area contributed by atoms with Gasteiger partial charge in [0.1, 0.15) is 12.1 Å². The number of amides is 1. The van der Waals surface area contributed by atoms with Gasteiger partial charge in [-0.25, -0.2) is 4.79 Å². The highest BCUT2D eigenvalue weighted by Gasteiger charge is 2.31. The van der Waals surface area contributed by atoms with Gasteiger partial charge in [-0.1, -0.05) is 30.3 Å². The van der Waals surface area contributed by atoms with Gasteiger partial charge in [0.2, 0.25) is 0 Å². The molecule has 0 heterocycles. The first-order valence-electron chi connectivity index (χ1n) is 6.01. The number of rotatable bonds is 5. The van der Waals surface area contributed by atoms with Crippen LogP contribution in [0.25, 0.3) is 0 Å². The van der Waals surface area contributed by atoms with Gasteiger partial charge in [-0.2, -0.15) is 5.26 Å². The second-order valence-corrected chi connectivity index (χ2v) is 4.92. The summed E-state index contributed by atoms with van der Waals surface area (Å²) in [6.07, 6.45) is -0.848. The van der Waals surface area contributed by atoms with E-state index in [0.29, 0.717) is 0 Å². The average molecular weight is 262 g/mol. The van der Waals surface area contributed by atoms with E-state index in [4.69, 9.17) is 33.5 Å². The summed E-state index contributed by atoms with van der Waals surface area (Å²) in [4.78, 5) is 11.7. The van der Waals surface area contributed by atoms with Crippen LogP contribution in [0.4, 0.5) is 4.79 Å². The zero-order valence-corrected chi connectivity index (χ0v) is 11.3. The summed E-state index contributed by atoms with van der Waals surface area (Å²) >= 11 is 0. The Hall–Kier alpha value is -1.83. The Labute approximate surface area is 123 Å². The zero-order chi connectivity index (χ0) is 15.2. The fourth-order valence-corrected chi connectivity index (χ4v) is 1.71. The third-order valence-corrected chi connectivity index (χ3v) is 2.50. The Bertz CT molecular complexity index is 497. The van der Waals surface area contributed by atoms with Crippen LogP contribution in [0.2, 0.25) is 5.11 Å². The lowest BCUT2D eigenvalue weighted by molar-refractivity contribution is 0.132. The van der Waals surface area contributed by atoms with E-state index < -0.39 is 16.7 Å². The molecule has 6 radical (unpaired) electrons. The normalized spacial score (nSPS) is 13.8. The van der Waals surface area contributed by atoms with Crippen molar-refractivity contribution in [3.8, 4) is 6.07 Å². The Morgan fingerprint density at radius 2 is 1.95 bits per heavy atom. The molecule has 0 aliphatic carbocycles. The number of hydrogen-bond donors (Lipinski definition) is 1. The van der Waals surface area contributed by atoms with E-state index in [1.165, 1.54) is 6.92 Å². The van der Waals surface area contributed by atoms with Crippen molar-refractivity contribution in [2.45, 2.75) is 30.6 Å². The number of hydrogen-bond acceptors (Lipinski definition) is 3. The molecule has 0 aliphatic rings. The van der Waals surface area contributed by atoms with Gasteiger partial charge in [0.05, 0.1) is 29.6 Å². The summed E-state index contributed by atoms with van der Waals surface area (Å²) < 4.78 is 5.02. The lowest BCUT2D eigenvalue weighted by atomic mass is 9.40. The van der Waals surface area contributed by atoms with Crippen LogP contribution in [0.1, 0.15) is 18.9 Å². The smallest absolute Gasteiger partial charge is 0.408 e. The summed E-state index contributed by atoms with van der Waals surface area (Å²) in [6.45, 7) is 1.57. The van der Waals surface area contributed by atoms with E-state index >= 15 is 0 Å². The SMILES string of the molecule is [B]C([B])([B])CC(C)(C#N)NC(=O)OCc1ccccc1. The first-order chi connectivity index (χ1) is 9.24. The lowest BCUT2D eigenvalue weighted by Gasteiger charge is -2.31. The van der Waals surface area contributed by atoms with E-state index in [-0.39, 0.29) is 13.0 Å². The molecule has 1 N–H and O–H groups in total. The largest absolute Gasteiger partial charge is 0.445 e.